The van der Waals surface area contributed by atoms with Crippen LogP contribution in [-0.4, -0.2) is 0 Å². The third-order valence-electron chi connectivity index (χ3n) is 4.83. The summed E-state index contributed by atoms with van der Waals surface area (Å²) in [5.41, 5.74) is 6.94. The maximum Gasteiger partial charge on any atom is -0.0100 e. The fourth-order valence-electron chi connectivity index (χ4n) is 3.31. The smallest absolute Gasteiger partial charge is 0.0100 e. The molecule has 0 atom stereocenters. The lowest BCUT2D eigenvalue weighted by molar-refractivity contribution is 0.331. The van der Waals surface area contributed by atoms with E-state index in [1.54, 1.807) is 16.7 Å². The minimum absolute atomic E-state index is 0.348. The van der Waals surface area contributed by atoms with E-state index in [1.165, 1.54) is 31.2 Å². The molecule has 0 N–H and O–H groups in total. The summed E-state index contributed by atoms with van der Waals surface area (Å²) in [4.78, 5) is 0. The largest absolute Gasteiger partial charge is 0.0651 e. The van der Waals surface area contributed by atoms with Crippen molar-refractivity contribution in [1.82, 2.24) is 0 Å². The SMILES string of the molecule is CCCc1cc2c(cc1C)C(C)(C)CCC2(C)C. The van der Waals surface area contributed by atoms with Gasteiger partial charge < -0.3 is 0 Å². The van der Waals surface area contributed by atoms with E-state index in [0.29, 0.717) is 10.8 Å². The Balaban J connectivity index is 2.61. The molecule has 1 aliphatic rings. The van der Waals surface area contributed by atoms with Gasteiger partial charge in [-0.2, -0.15) is 0 Å². The van der Waals surface area contributed by atoms with Gasteiger partial charge >= 0.3 is 0 Å². The quantitative estimate of drug-likeness (QED) is 0.662. The van der Waals surface area contributed by atoms with Crippen molar-refractivity contribution in [2.75, 3.05) is 0 Å². The molecule has 0 radical (unpaired) electrons. The molecule has 0 amide bonds. The molecule has 0 saturated carbocycles. The minimum atomic E-state index is 0.348. The van der Waals surface area contributed by atoms with Crippen molar-refractivity contribution >= 4 is 0 Å². The van der Waals surface area contributed by atoms with Crippen molar-refractivity contribution in [2.45, 2.75) is 78.1 Å². The number of aryl methyl sites for hydroxylation is 2. The van der Waals surface area contributed by atoms with Gasteiger partial charge in [0.05, 0.1) is 0 Å². The number of hydrogen-bond acceptors (Lipinski definition) is 0. The molecule has 0 heterocycles. The predicted octanol–water partition coefficient (Wildman–Crippen LogP) is 5.30. The summed E-state index contributed by atoms with van der Waals surface area (Å²) in [5, 5.41) is 0. The minimum Gasteiger partial charge on any atom is -0.0651 e. The predicted molar refractivity (Wildman–Crippen MR) is 80.5 cm³/mol. The molecule has 0 fully saturated rings. The summed E-state index contributed by atoms with van der Waals surface area (Å²) < 4.78 is 0. The van der Waals surface area contributed by atoms with Crippen LogP contribution in [0.1, 0.15) is 76.1 Å². The van der Waals surface area contributed by atoms with Crippen LogP contribution in [-0.2, 0) is 17.3 Å². The number of benzene rings is 1. The molecule has 2 rings (SSSR count). The zero-order chi connectivity index (χ0) is 13.6. The molecule has 0 aromatic heterocycles. The van der Waals surface area contributed by atoms with Gasteiger partial charge in [-0.15, -0.1) is 0 Å². The average molecular weight is 244 g/mol. The monoisotopic (exact) mass is 244 g/mol. The Morgan fingerprint density at radius 3 is 1.94 bits per heavy atom. The van der Waals surface area contributed by atoms with Gasteiger partial charge in [-0.25, -0.2) is 0 Å². The number of rotatable bonds is 2. The summed E-state index contributed by atoms with van der Waals surface area (Å²) in [6.45, 7) is 14.2. The number of fused-ring (bicyclic) bond motifs is 1. The molecule has 1 aromatic carbocycles. The van der Waals surface area contributed by atoms with Crippen LogP contribution in [0.15, 0.2) is 12.1 Å². The highest BCUT2D eigenvalue weighted by Crippen LogP contribution is 2.46. The van der Waals surface area contributed by atoms with Crippen LogP contribution in [0, 0.1) is 6.92 Å². The molecule has 0 spiro atoms. The van der Waals surface area contributed by atoms with E-state index in [2.05, 4.69) is 53.7 Å². The van der Waals surface area contributed by atoms with E-state index in [-0.39, 0.29) is 0 Å². The zero-order valence-corrected chi connectivity index (χ0v) is 13.0. The Morgan fingerprint density at radius 2 is 1.44 bits per heavy atom. The molecule has 18 heavy (non-hydrogen) atoms. The molecular weight excluding hydrogens is 216 g/mol. The van der Waals surface area contributed by atoms with Crippen molar-refractivity contribution in [2.24, 2.45) is 0 Å². The lowest BCUT2D eigenvalue weighted by atomic mass is 9.62. The highest BCUT2D eigenvalue weighted by molar-refractivity contribution is 5.46. The van der Waals surface area contributed by atoms with E-state index < -0.39 is 0 Å². The zero-order valence-electron chi connectivity index (χ0n) is 13.0. The van der Waals surface area contributed by atoms with E-state index in [1.807, 2.05) is 0 Å². The van der Waals surface area contributed by atoms with Gasteiger partial charge in [0.1, 0.15) is 0 Å². The van der Waals surface area contributed by atoms with Gasteiger partial charge in [0, 0.05) is 0 Å². The standard InChI is InChI=1S/C18H28/c1-7-8-14-12-16-15(11-13(14)2)17(3,4)9-10-18(16,5)6/h11-12H,7-10H2,1-6H3. The summed E-state index contributed by atoms with van der Waals surface area (Å²) in [6, 6.07) is 4.98. The van der Waals surface area contributed by atoms with E-state index in [9.17, 15) is 0 Å². The van der Waals surface area contributed by atoms with Crippen LogP contribution in [0.2, 0.25) is 0 Å². The second-order valence-corrected chi connectivity index (χ2v) is 7.34. The van der Waals surface area contributed by atoms with Gasteiger partial charge in [0.2, 0.25) is 0 Å². The molecule has 0 aliphatic heterocycles. The van der Waals surface area contributed by atoms with Crippen LogP contribution in [0.25, 0.3) is 0 Å². The van der Waals surface area contributed by atoms with E-state index >= 15 is 0 Å². The van der Waals surface area contributed by atoms with Crippen LogP contribution in [0.4, 0.5) is 0 Å². The average Bonchev–Trinajstić information content (AvgIpc) is 2.27. The van der Waals surface area contributed by atoms with Gasteiger partial charge in [-0.1, -0.05) is 53.2 Å². The third kappa shape index (κ3) is 2.22. The van der Waals surface area contributed by atoms with Crippen molar-refractivity contribution in [3.05, 3.63) is 34.4 Å². The first kappa shape index (κ1) is 13.6. The van der Waals surface area contributed by atoms with Crippen molar-refractivity contribution in [3.8, 4) is 0 Å². The fraction of sp³-hybridized carbons (Fsp3) is 0.667. The summed E-state index contributed by atoms with van der Waals surface area (Å²) in [7, 11) is 0. The van der Waals surface area contributed by atoms with Gasteiger partial charge in [-0.05, 0) is 59.3 Å². The Kier molecular flexibility index (Phi) is 3.34. The van der Waals surface area contributed by atoms with E-state index in [0.717, 1.165) is 0 Å². The molecule has 1 aromatic rings. The normalized spacial score (nSPS) is 20.6. The summed E-state index contributed by atoms with van der Waals surface area (Å²) >= 11 is 0. The van der Waals surface area contributed by atoms with Crippen molar-refractivity contribution < 1.29 is 0 Å². The molecular formula is C18H28. The maximum atomic E-state index is 2.51. The molecule has 0 bridgehead atoms. The second-order valence-electron chi connectivity index (χ2n) is 7.34. The fourth-order valence-corrected chi connectivity index (χ4v) is 3.31. The van der Waals surface area contributed by atoms with Crippen LogP contribution in [0.5, 0.6) is 0 Å². The van der Waals surface area contributed by atoms with E-state index in [4.69, 9.17) is 0 Å². The van der Waals surface area contributed by atoms with Crippen LogP contribution in [0.3, 0.4) is 0 Å². The van der Waals surface area contributed by atoms with Gasteiger partial charge in [0.25, 0.3) is 0 Å². The molecule has 0 unspecified atom stereocenters. The Morgan fingerprint density at radius 1 is 0.944 bits per heavy atom. The van der Waals surface area contributed by atoms with Gasteiger partial charge in [0.15, 0.2) is 0 Å². The first-order chi connectivity index (χ1) is 8.28. The molecule has 0 saturated heterocycles. The highest BCUT2D eigenvalue weighted by atomic mass is 14.4. The van der Waals surface area contributed by atoms with Crippen molar-refractivity contribution in [3.63, 3.8) is 0 Å². The Labute approximate surface area is 113 Å². The van der Waals surface area contributed by atoms with Crippen LogP contribution < -0.4 is 0 Å². The van der Waals surface area contributed by atoms with Crippen molar-refractivity contribution in [1.29, 1.82) is 0 Å². The van der Waals surface area contributed by atoms with Gasteiger partial charge in [-0.3, -0.25) is 0 Å². The molecule has 1 aliphatic carbocycles. The highest BCUT2D eigenvalue weighted by Gasteiger charge is 2.37. The third-order valence-corrected chi connectivity index (χ3v) is 4.83. The van der Waals surface area contributed by atoms with Crippen LogP contribution >= 0.6 is 0 Å². The molecule has 0 heteroatoms. The Bertz CT molecular complexity index is 449. The Hall–Kier alpha value is -0.780. The second kappa shape index (κ2) is 4.40. The first-order valence-corrected chi connectivity index (χ1v) is 7.42. The molecule has 0 nitrogen and oxygen atoms in total. The first-order valence-electron chi connectivity index (χ1n) is 7.42. The lowest BCUT2D eigenvalue weighted by Crippen LogP contribution is -2.34. The molecule has 100 valence electrons. The maximum absolute atomic E-state index is 2.51. The topological polar surface area (TPSA) is 0 Å². The lowest BCUT2D eigenvalue weighted by Gasteiger charge is -2.42. The summed E-state index contributed by atoms with van der Waals surface area (Å²) in [6.07, 6.45) is 5.07. The summed E-state index contributed by atoms with van der Waals surface area (Å²) in [5.74, 6) is 0. The number of hydrogen-bond donors (Lipinski definition) is 0.